The lowest BCUT2D eigenvalue weighted by molar-refractivity contribution is 0.0785. The maximum atomic E-state index is 13.2. The molecule has 0 saturated heterocycles. The lowest BCUT2D eigenvalue weighted by Crippen LogP contribution is -2.10. The van der Waals surface area contributed by atoms with Crippen LogP contribution in [0.1, 0.15) is 15.9 Å². The lowest BCUT2D eigenvalue weighted by Gasteiger charge is -2.05. The molecule has 0 radical (unpaired) electrons. The van der Waals surface area contributed by atoms with Crippen molar-refractivity contribution in [3.63, 3.8) is 0 Å². The van der Waals surface area contributed by atoms with E-state index in [1.165, 1.54) is 0 Å². The second-order valence-electron chi connectivity index (χ2n) is 3.11. The van der Waals surface area contributed by atoms with Gasteiger partial charge in [0.2, 0.25) is 0 Å². The minimum absolute atomic E-state index is 0.132. The van der Waals surface area contributed by atoms with Gasteiger partial charge in [0, 0.05) is 5.56 Å². The van der Waals surface area contributed by atoms with E-state index in [2.05, 4.69) is 0 Å². The normalized spacial score (nSPS) is 16.3. The van der Waals surface area contributed by atoms with E-state index in [1.807, 2.05) is 0 Å². The monoisotopic (exact) mass is 198 g/mol. The van der Waals surface area contributed by atoms with Crippen molar-refractivity contribution in [1.29, 1.82) is 0 Å². The molecule has 2 rings (SSSR count). The first-order chi connectivity index (χ1) is 6.70. The van der Waals surface area contributed by atoms with E-state index < -0.39 is 17.4 Å². The molecule has 0 bridgehead atoms. The predicted molar refractivity (Wildman–Crippen MR) is 45.2 cm³/mol. The van der Waals surface area contributed by atoms with Crippen LogP contribution in [0.3, 0.4) is 0 Å². The molecule has 0 aliphatic carbocycles. The number of carbonyl (C=O) groups excluding carboxylic acids is 1. The van der Waals surface area contributed by atoms with E-state index in [9.17, 15) is 13.6 Å². The molecular weight excluding hydrogens is 190 g/mol. The van der Waals surface area contributed by atoms with Crippen LogP contribution in [-0.4, -0.2) is 19.0 Å². The van der Waals surface area contributed by atoms with Gasteiger partial charge in [0.25, 0.3) is 0 Å². The van der Waals surface area contributed by atoms with Crippen LogP contribution < -0.4 is 0 Å². The minimum Gasteiger partial charge on any atom is -0.373 e. The van der Waals surface area contributed by atoms with E-state index in [0.29, 0.717) is 0 Å². The first kappa shape index (κ1) is 9.27. The Morgan fingerprint density at radius 1 is 1.21 bits per heavy atom. The fourth-order valence-corrected chi connectivity index (χ4v) is 1.55. The molecule has 0 amide bonds. The van der Waals surface area contributed by atoms with Crippen LogP contribution in [0.4, 0.5) is 8.78 Å². The number of Topliss-reactive ketones (excluding diaryl/α,β-unsaturated/α-hetero) is 1. The minimum atomic E-state index is -0.670. The standard InChI is InChI=1S/C10H8F2O2/c11-7-1-2-8(12)10-6(7)3-4-14-5-9(10)13/h1-2H,3-5H2. The molecule has 2 nitrogen and oxygen atoms in total. The topological polar surface area (TPSA) is 26.3 Å². The fraction of sp³-hybridized carbons (Fsp3) is 0.300. The Balaban J connectivity index is 2.62. The third-order valence-electron chi connectivity index (χ3n) is 2.21. The van der Waals surface area contributed by atoms with E-state index in [4.69, 9.17) is 4.74 Å². The van der Waals surface area contributed by atoms with Gasteiger partial charge in [0.15, 0.2) is 5.78 Å². The maximum Gasteiger partial charge on any atom is 0.191 e. The molecule has 0 unspecified atom stereocenters. The van der Waals surface area contributed by atoms with E-state index in [0.717, 1.165) is 12.1 Å². The van der Waals surface area contributed by atoms with Crippen molar-refractivity contribution < 1.29 is 18.3 Å². The number of rotatable bonds is 0. The van der Waals surface area contributed by atoms with Gasteiger partial charge in [-0.3, -0.25) is 4.79 Å². The Labute approximate surface area is 79.5 Å². The van der Waals surface area contributed by atoms with Crippen molar-refractivity contribution in [3.8, 4) is 0 Å². The molecule has 0 atom stereocenters. The smallest absolute Gasteiger partial charge is 0.191 e. The number of ketones is 1. The van der Waals surface area contributed by atoms with Gasteiger partial charge in [-0.25, -0.2) is 8.78 Å². The number of benzene rings is 1. The molecule has 14 heavy (non-hydrogen) atoms. The van der Waals surface area contributed by atoms with Gasteiger partial charge in [-0.05, 0) is 18.6 Å². The summed E-state index contributed by atoms with van der Waals surface area (Å²) in [5.41, 5.74) is -0.0185. The van der Waals surface area contributed by atoms with Crippen LogP contribution >= 0.6 is 0 Å². The quantitative estimate of drug-likeness (QED) is 0.634. The van der Waals surface area contributed by atoms with E-state index in [1.54, 1.807) is 0 Å². The summed E-state index contributed by atoms with van der Waals surface area (Å²) in [7, 11) is 0. The average Bonchev–Trinajstić information content (AvgIpc) is 2.35. The van der Waals surface area contributed by atoms with Crippen molar-refractivity contribution in [1.82, 2.24) is 0 Å². The third-order valence-corrected chi connectivity index (χ3v) is 2.21. The van der Waals surface area contributed by atoms with Crippen LogP contribution in [0.5, 0.6) is 0 Å². The summed E-state index contributed by atoms with van der Waals surface area (Å²) < 4.78 is 31.4. The van der Waals surface area contributed by atoms with E-state index in [-0.39, 0.29) is 30.8 Å². The van der Waals surface area contributed by atoms with Crippen molar-refractivity contribution in [2.45, 2.75) is 6.42 Å². The van der Waals surface area contributed by atoms with Gasteiger partial charge in [0.05, 0.1) is 12.2 Å². The number of halogens is 2. The zero-order chi connectivity index (χ0) is 10.1. The Hall–Kier alpha value is -1.29. The summed E-state index contributed by atoms with van der Waals surface area (Å²) in [6, 6.07) is 2.00. The first-order valence-corrected chi connectivity index (χ1v) is 4.28. The van der Waals surface area contributed by atoms with Gasteiger partial charge < -0.3 is 4.74 Å². The Kier molecular flexibility index (Phi) is 2.29. The highest BCUT2D eigenvalue weighted by atomic mass is 19.1. The zero-order valence-electron chi connectivity index (χ0n) is 7.35. The third kappa shape index (κ3) is 1.42. The number of fused-ring (bicyclic) bond motifs is 1. The largest absolute Gasteiger partial charge is 0.373 e. The summed E-state index contributed by atoms with van der Waals surface area (Å²) in [4.78, 5) is 11.3. The Bertz CT molecular complexity index is 388. The average molecular weight is 198 g/mol. The van der Waals surface area contributed by atoms with E-state index >= 15 is 0 Å². The van der Waals surface area contributed by atoms with Crippen molar-refractivity contribution >= 4 is 5.78 Å². The zero-order valence-corrected chi connectivity index (χ0v) is 7.35. The van der Waals surface area contributed by atoms with Gasteiger partial charge in [0.1, 0.15) is 18.2 Å². The van der Waals surface area contributed by atoms with Crippen molar-refractivity contribution in [2.24, 2.45) is 0 Å². The summed E-state index contributed by atoms with van der Waals surface area (Å²) >= 11 is 0. The molecular formula is C10H8F2O2. The van der Waals surface area contributed by atoms with Crippen LogP contribution in [-0.2, 0) is 11.2 Å². The van der Waals surface area contributed by atoms with Gasteiger partial charge >= 0.3 is 0 Å². The Morgan fingerprint density at radius 3 is 2.71 bits per heavy atom. The Morgan fingerprint density at radius 2 is 1.93 bits per heavy atom. The lowest BCUT2D eigenvalue weighted by atomic mass is 10.0. The number of hydrogen-bond acceptors (Lipinski definition) is 2. The number of carbonyl (C=O) groups is 1. The van der Waals surface area contributed by atoms with Crippen LogP contribution in [0.25, 0.3) is 0 Å². The first-order valence-electron chi connectivity index (χ1n) is 4.28. The predicted octanol–water partition coefficient (Wildman–Crippen LogP) is 1.72. The van der Waals surface area contributed by atoms with Gasteiger partial charge in [-0.15, -0.1) is 0 Å². The molecule has 1 heterocycles. The van der Waals surface area contributed by atoms with Gasteiger partial charge in [-0.1, -0.05) is 0 Å². The SMILES string of the molecule is O=C1COCCc2c(F)ccc(F)c21. The highest BCUT2D eigenvalue weighted by molar-refractivity contribution is 5.99. The summed E-state index contributed by atoms with van der Waals surface area (Å²) in [6.07, 6.45) is 0.241. The highest BCUT2D eigenvalue weighted by Gasteiger charge is 2.22. The molecule has 4 heteroatoms. The summed E-state index contributed by atoms with van der Waals surface area (Å²) in [5, 5.41) is 0. The molecule has 1 aliphatic heterocycles. The molecule has 0 saturated carbocycles. The van der Waals surface area contributed by atoms with Crippen LogP contribution in [0.15, 0.2) is 12.1 Å². The summed E-state index contributed by atoms with van der Waals surface area (Å²) in [6.45, 7) is 0.0759. The molecule has 0 spiro atoms. The number of ether oxygens (including phenoxy) is 1. The van der Waals surface area contributed by atoms with Crippen molar-refractivity contribution in [2.75, 3.05) is 13.2 Å². The second-order valence-corrected chi connectivity index (χ2v) is 3.11. The van der Waals surface area contributed by atoms with Gasteiger partial charge in [-0.2, -0.15) is 0 Å². The molecule has 0 aromatic heterocycles. The molecule has 0 N–H and O–H groups in total. The summed E-state index contributed by atoms with van der Waals surface area (Å²) in [5.74, 6) is -1.70. The maximum absolute atomic E-state index is 13.2. The second kappa shape index (κ2) is 3.46. The number of hydrogen-bond donors (Lipinski definition) is 0. The van der Waals surface area contributed by atoms with Crippen molar-refractivity contribution in [3.05, 3.63) is 34.9 Å². The van der Waals surface area contributed by atoms with Crippen LogP contribution in [0, 0.1) is 11.6 Å². The molecule has 1 aliphatic rings. The highest BCUT2D eigenvalue weighted by Crippen LogP contribution is 2.21. The molecule has 1 aromatic carbocycles. The molecule has 74 valence electrons. The fourth-order valence-electron chi connectivity index (χ4n) is 1.55. The molecule has 0 fully saturated rings. The molecule has 1 aromatic rings. The van der Waals surface area contributed by atoms with Crippen LogP contribution in [0.2, 0.25) is 0 Å².